The summed E-state index contributed by atoms with van der Waals surface area (Å²) in [5.74, 6) is -1.18. The van der Waals surface area contributed by atoms with Crippen LogP contribution in [0.5, 0.6) is 0 Å². The van der Waals surface area contributed by atoms with Crippen molar-refractivity contribution in [3.05, 3.63) is 65.7 Å². The van der Waals surface area contributed by atoms with Crippen LogP contribution in [0.2, 0.25) is 0 Å². The highest BCUT2D eigenvalue weighted by Gasteiger charge is 2.49. The smallest absolute Gasteiger partial charge is 0.277 e. The molecule has 0 radical (unpaired) electrons. The van der Waals surface area contributed by atoms with Crippen molar-refractivity contribution in [1.82, 2.24) is 10.6 Å². The van der Waals surface area contributed by atoms with Gasteiger partial charge in [0, 0.05) is 0 Å². The molecule has 9 heteroatoms. The predicted molar refractivity (Wildman–Crippen MR) is 122 cm³/mol. The second-order valence-electron chi connectivity index (χ2n) is 8.24. The second kappa shape index (κ2) is 10.7. The second-order valence-corrected chi connectivity index (χ2v) is 9.85. The SMILES string of the molecule is Cc1ccc(S(=O)(=O)OCCCCCCC2(Cc3ccccc3)C(=O)NC(=O)NC2=O)cc1. The van der Waals surface area contributed by atoms with E-state index in [1.165, 1.54) is 12.1 Å². The number of carbonyl (C=O) groups is 3. The number of carbonyl (C=O) groups excluding carboxylic acids is 3. The number of rotatable bonds is 11. The first-order chi connectivity index (χ1) is 15.7. The average Bonchev–Trinajstić information content (AvgIpc) is 2.77. The first kappa shape index (κ1) is 24.6. The van der Waals surface area contributed by atoms with Crippen LogP contribution in [0.25, 0.3) is 0 Å². The van der Waals surface area contributed by atoms with E-state index in [4.69, 9.17) is 4.18 Å². The van der Waals surface area contributed by atoms with Crippen LogP contribution in [0, 0.1) is 12.3 Å². The molecule has 1 saturated heterocycles. The third-order valence-electron chi connectivity index (χ3n) is 5.72. The topological polar surface area (TPSA) is 119 Å². The van der Waals surface area contributed by atoms with Gasteiger partial charge in [0.25, 0.3) is 10.1 Å². The van der Waals surface area contributed by atoms with Gasteiger partial charge in [-0.15, -0.1) is 0 Å². The molecule has 1 heterocycles. The number of hydrogen-bond acceptors (Lipinski definition) is 6. The van der Waals surface area contributed by atoms with Crippen LogP contribution in [-0.4, -0.2) is 32.9 Å². The molecular weight excluding hydrogens is 444 g/mol. The summed E-state index contributed by atoms with van der Waals surface area (Å²) in [7, 11) is -3.79. The molecule has 1 aliphatic rings. The minimum Gasteiger partial charge on any atom is -0.277 e. The minimum absolute atomic E-state index is 0.0564. The first-order valence-corrected chi connectivity index (χ1v) is 12.3. The molecule has 0 bridgehead atoms. The zero-order valence-corrected chi connectivity index (χ0v) is 19.3. The summed E-state index contributed by atoms with van der Waals surface area (Å²) < 4.78 is 29.5. The van der Waals surface area contributed by atoms with Crippen molar-refractivity contribution in [3.8, 4) is 0 Å². The van der Waals surface area contributed by atoms with Crippen molar-refractivity contribution < 1.29 is 27.0 Å². The number of imide groups is 2. The number of barbiturate groups is 1. The van der Waals surface area contributed by atoms with Gasteiger partial charge in [0.15, 0.2) is 0 Å². The number of nitrogens with one attached hydrogen (secondary N) is 2. The van der Waals surface area contributed by atoms with E-state index in [0.717, 1.165) is 11.1 Å². The highest BCUT2D eigenvalue weighted by atomic mass is 32.2. The summed E-state index contributed by atoms with van der Waals surface area (Å²) in [5, 5.41) is 4.44. The molecule has 8 nitrogen and oxygen atoms in total. The Kier molecular flexibility index (Phi) is 7.99. The third kappa shape index (κ3) is 6.27. The Labute approximate surface area is 193 Å². The van der Waals surface area contributed by atoms with Gasteiger partial charge in [-0.05, 0) is 43.9 Å². The van der Waals surface area contributed by atoms with Crippen molar-refractivity contribution in [2.75, 3.05) is 6.61 Å². The first-order valence-electron chi connectivity index (χ1n) is 10.9. The molecule has 33 heavy (non-hydrogen) atoms. The van der Waals surface area contributed by atoms with E-state index >= 15 is 0 Å². The molecule has 0 aromatic heterocycles. The molecular formula is C24H28N2O6S. The van der Waals surface area contributed by atoms with Crippen LogP contribution < -0.4 is 10.6 Å². The van der Waals surface area contributed by atoms with Gasteiger partial charge in [-0.25, -0.2) is 4.79 Å². The summed E-state index contributed by atoms with van der Waals surface area (Å²) in [6, 6.07) is 14.8. The van der Waals surface area contributed by atoms with Gasteiger partial charge < -0.3 is 0 Å². The Morgan fingerprint density at radius 2 is 1.42 bits per heavy atom. The van der Waals surface area contributed by atoms with Gasteiger partial charge in [-0.3, -0.25) is 24.4 Å². The van der Waals surface area contributed by atoms with Crippen molar-refractivity contribution in [3.63, 3.8) is 0 Å². The van der Waals surface area contributed by atoms with E-state index in [2.05, 4.69) is 10.6 Å². The Morgan fingerprint density at radius 3 is 2.06 bits per heavy atom. The maximum absolute atomic E-state index is 12.7. The Bertz CT molecular complexity index is 1080. The highest BCUT2D eigenvalue weighted by molar-refractivity contribution is 7.86. The van der Waals surface area contributed by atoms with E-state index in [1.54, 1.807) is 12.1 Å². The number of unbranched alkanes of at least 4 members (excludes halogenated alkanes) is 3. The molecule has 2 aromatic carbocycles. The summed E-state index contributed by atoms with van der Waals surface area (Å²) >= 11 is 0. The van der Waals surface area contributed by atoms with Gasteiger partial charge in [-0.2, -0.15) is 8.42 Å². The maximum Gasteiger partial charge on any atom is 0.328 e. The Morgan fingerprint density at radius 1 is 0.818 bits per heavy atom. The van der Waals surface area contributed by atoms with Crippen LogP contribution in [0.4, 0.5) is 4.79 Å². The molecule has 1 fully saturated rings. The fourth-order valence-electron chi connectivity index (χ4n) is 3.82. The zero-order valence-electron chi connectivity index (χ0n) is 18.5. The Balaban J connectivity index is 1.50. The monoisotopic (exact) mass is 472 g/mol. The standard InChI is InChI=1S/C24H28N2O6S/c1-18-11-13-20(14-12-18)33(30,31)32-16-8-3-2-7-15-24(17-19-9-5-4-6-10-19)21(27)25-23(29)26-22(24)28/h4-6,9-14H,2-3,7-8,15-17H2,1H3,(H2,25,26,27,28,29). The van der Waals surface area contributed by atoms with Crippen LogP contribution in [0.3, 0.4) is 0 Å². The molecule has 3 rings (SSSR count). The molecule has 2 N–H and O–H groups in total. The normalized spacial score (nSPS) is 15.7. The molecule has 0 unspecified atom stereocenters. The van der Waals surface area contributed by atoms with Crippen molar-refractivity contribution in [1.29, 1.82) is 0 Å². The molecule has 0 spiro atoms. The van der Waals surface area contributed by atoms with Gasteiger partial charge in [0.05, 0.1) is 11.5 Å². The molecule has 176 valence electrons. The fourth-order valence-corrected chi connectivity index (χ4v) is 4.77. The van der Waals surface area contributed by atoms with Gasteiger partial charge in [0.1, 0.15) is 5.41 Å². The molecule has 0 atom stereocenters. The molecule has 2 aromatic rings. The van der Waals surface area contributed by atoms with Crippen LogP contribution in [0.1, 0.15) is 43.2 Å². The highest BCUT2D eigenvalue weighted by Crippen LogP contribution is 2.32. The summed E-state index contributed by atoms with van der Waals surface area (Å²) in [6.07, 6.45) is 2.90. The van der Waals surface area contributed by atoms with Gasteiger partial charge in [0.2, 0.25) is 11.8 Å². The Hall–Kier alpha value is -3.04. The molecule has 4 amide bonds. The maximum atomic E-state index is 12.7. The zero-order chi connectivity index (χ0) is 23.9. The van der Waals surface area contributed by atoms with Crippen LogP contribution in [-0.2, 0) is 30.3 Å². The van der Waals surface area contributed by atoms with E-state index in [-0.39, 0.29) is 24.3 Å². The number of benzene rings is 2. The number of hydrogen-bond donors (Lipinski definition) is 2. The number of urea groups is 1. The van der Waals surface area contributed by atoms with Crippen molar-refractivity contribution in [2.45, 2.75) is 50.3 Å². The molecule has 0 saturated carbocycles. The van der Waals surface area contributed by atoms with Gasteiger partial charge >= 0.3 is 6.03 Å². The molecule has 1 aliphatic heterocycles. The lowest BCUT2D eigenvalue weighted by molar-refractivity contribution is -0.145. The minimum atomic E-state index is -3.79. The summed E-state index contributed by atoms with van der Waals surface area (Å²) in [6.45, 7) is 1.93. The fraction of sp³-hybridized carbons (Fsp3) is 0.375. The van der Waals surface area contributed by atoms with Crippen LogP contribution in [0.15, 0.2) is 59.5 Å². The van der Waals surface area contributed by atoms with Gasteiger partial charge in [-0.1, -0.05) is 67.3 Å². The van der Waals surface area contributed by atoms with Crippen LogP contribution >= 0.6 is 0 Å². The van der Waals surface area contributed by atoms with Crippen molar-refractivity contribution in [2.24, 2.45) is 5.41 Å². The average molecular weight is 473 g/mol. The quantitative estimate of drug-likeness (QED) is 0.294. The lowest BCUT2D eigenvalue weighted by atomic mass is 9.74. The molecule has 0 aliphatic carbocycles. The van der Waals surface area contributed by atoms with Crippen molar-refractivity contribution >= 4 is 28.0 Å². The van der Waals surface area contributed by atoms with E-state index in [0.29, 0.717) is 25.7 Å². The summed E-state index contributed by atoms with van der Waals surface area (Å²) in [5.41, 5.74) is 0.427. The number of aryl methyl sites for hydroxylation is 1. The van der Waals surface area contributed by atoms with E-state index in [9.17, 15) is 22.8 Å². The summed E-state index contributed by atoms with van der Waals surface area (Å²) in [4.78, 5) is 37.1. The lowest BCUT2D eigenvalue weighted by Gasteiger charge is -2.34. The largest absolute Gasteiger partial charge is 0.328 e. The van der Waals surface area contributed by atoms with E-state index in [1.807, 2.05) is 37.3 Å². The van der Waals surface area contributed by atoms with E-state index < -0.39 is 33.4 Å². The lowest BCUT2D eigenvalue weighted by Crippen LogP contribution is -2.63. The number of amides is 4. The third-order valence-corrected chi connectivity index (χ3v) is 7.04. The predicted octanol–water partition coefficient (Wildman–Crippen LogP) is 3.25.